The Balaban J connectivity index is 1.40. The number of nitrogens with one attached hydrogen (secondary N) is 2. The van der Waals surface area contributed by atoms with Crippen LogP contribution in [0.4, 0.5) is 4.39 Å². The van der Waals surface area contributed by atoms with Crippen LogP contribution in [0.15, 0.2) is 78.9 Å². The van der Waals surface area contributed by atoms with Gasteiger partial charge in [-0.15, -0.1) is 0 Å². The van der Waals surface area contributed by atoms with Crippen LogP contribution in [0, 0.1) is 11.2 Å². The van der Waals surface area contributed by atoms with Crippen molar-refractivity contribution in [1.82, 2.24) is 14.3 Å². The summed E-state index contributed by atoms with van der Waals surface area (Å²) in [6, 6.07) is 23.6. The lowest BCUT2D eigenvalue weighted by molar-refractivity contribution is 0.0892. The van der Waals surface area contributed by atoms with E-state index in [1.54, 1.807) is 31.4 Å². The minimum atomic E-state index is -1.35. The van der Waals surface area contributed by atoms with Gasteiger partial charge in [0.25, 0.3) is 5.91 Å². The number of nitrogens with zero attached hydrogens (tertiary/aromatic N) is 1. The molecule has 1 unspecified atom stereocenters. The number of hydrogen-bond acceptors (Lipinski definition) is 3. The second-order valence-corrected chi connectivity index (χ2v) is 10.5. The van der Waals surface area contributed by atoms with Crippen LogP contribution in [0.25, 0.3) is 0 Å². The van der Waals surface area contributed by atoms with E-state index in [4.69, 9.17) is 4.74 Å². The Morgan fingerprint density at radius 3 is 2.33 bits per heavy atom. The largest absolute Gasteiger partial charge is 0.496 e. The molecule has 1 aliphatic rings. The van der Waals surface area contributed by atoms with Gasteiger partial charge in [-0.25, -0.2) is 17.6 Å². The average Bonchev–Trinajstić information content (AvgIpc) is 2.92. The first-order valence-electron chi connectivity index (χ1n) is 12.1. The Hall–Kier alpha value is -3.07. The summed E-state index contributed by atoms with van der Waals surface area (Å²) < 4.78 is 36.3. The van der Waals surface area contributed by atoms with Crippen molar-refractivity contribution in [3.05, 3.63) is 101 Å². The van der Waals surface area contributed by atoms with Crippen molar-refractivity contribution >= 4 is 17.1 Å². The molecule has 6 nitrogen and oxygen atoms in total. The maximum absolute atomic E-state index is 13.1. The van der Waals surface area contributed by atoms with Gasteiger partial charge in [0, 0.05) is 26.2 Å². The molecule has 1 atom stereocenters. The van der Waals surface area contributed by atoms with Crippen LogP contribution in [0.5, 0.6) is 5.75 Å². The number of ether oxygens (including phenoxy) is 1. The van der Waals surface area contributed by atoms with Crippen LogP contribution in [-0.4, -0.2) is 41.2 Å². The monoisotopic (exact) mass is 509 g/mol. The number of benzene rings is 3. The number of amides is 1. The molecule has 8 heteroatoms. The van der Waals surface area contributed by atoms with Gasteiger partial charge in [0.05, 0.1) is 12.7 Å². The molecule has 0 aliphatic carbocycles. The number of piperidine rings is 1. The summed E-state index contributed by atoms with van der Waals surface area (Å²) in [6.07, 6.45) is 2.40. The van der Waals surface area contributed by atoms with E-state index in [1.165, 1.54) is 17.7 Å². The van der Waals surface area contributed by atoms with Crippen LogP contribution in [0.2, 0.25) is 0 Å². The first-order chi connectivity index (χ1) is 17.5. The van der Waals surface area contributed by atoms with Gasteiger partial charge in [-0.3, -0.25) is 4.79 Å². The molecular weight excluding hydrogens is 477 g/mol. The summed E-state index contributed by atoms with van der Waals surface area (Å²) in [7, 11) is 1.56. The molecule has 1 amide bonds. The van der Waals surface area contributed by atoms with Crippen molar-refractivity contribution in [1.29, 1.82) is 0 Å². The van der Waals surface area contributed by atoms with Crippen molar-refractivity contribution in [3.8, 4) is 5.75 Å². The predicted molar refractivity (Wildman–Crippen MR) is 140 cm³/mol. The summed E-state index contributed by atoms with van der Waals surface area (Å²) >= 11 is -1.35. The lowest BCUT2D eigenvalue weighted by atomic mass is 9.74. The van der Waals surface area contributed by atoms with Crippen LogP contribution < -0.4 is 14.8 Å². The predicted octanol–water partition coefficient (Wildman–Crippen LogP) is 4.26. The number of methoxy groups -OCH3 is 1. The van der Waals surface area contributed by atoms with Gasteiger partial charge in [-0.2, -0.15) is 0 Å². The van der Waals surface area contributed by atoms with Gasteiger partial charge in [0.15, 0.2) is 11.2 Å². The zero-order chi connectivity index (χ0) is 25.4. The standard InChI is InChI=1S/C28H32FN3O3S/c1-35-26-10-6-5-9-25(26)27(33)30-21-28(19-22-7-3-2-4-8-22)15-17-32(18-16-28)36(34)31-20-23-11-13-24(29)14-12-23/h2-14,31H,15-21H2,1H3,(H,30,33). The highest BCUT2D eigenvalue weighted by atomic mass is 32.2. The van der Waals surface area contributed by atoms with Crippen molar-refractivity contribution in [2.24, 2.45) is 5.41 Å². The zero-order valence-corrected chi connectivity index (χ0v) is 21.2. The van der Waals surface area contributed by atoms with Crippen molar-refractivity contribution in [3.63, 3.8) is 0 Å². The fourth-order valence-corrected chi connectivity index (χ4v) is 5.59. The molecule has 2 N–H and O–H groups in total. The Bertz CT molecular complexity index is 1170. The number of rotatable bonds is 10. The molecule has 1 fully saturated rings. The highest BCUT2D eigenvalue weighted by Crippen LogP contribution is 2.35. The van der Waals surface area contributed by atoms with Crippen molar-refractivity contribution in [2.75, 3.05) is 26.7 Å². The van der Waals surface area contributed by atoms with E-state index >= 15 is 0 Å². The van der Waals surface area contributed by atoms with Crippen LogP contribution in [0.1, 0.15) is 34.3 Å². The molecule has 4 rings (SSSR count). The average molecular weight is 510 g/mol. The molecule has 1 heterocycles. The molecule has 1 saturated heterocycles. The third-order valence-corrected chi connectivity index (χ3v) is 7.95. The van der Waals surface area contributed by atoms with E-state index in [9.17, 15) is 13.4 Å². The number of para-hydroxylation sites is 1. The molecule has 3 aromatic carbocycles. The van der Waals surface area contributed by atoms with Crippen LogP contribution in [-0.2, 0) is 24.1 Å². The highest BCUT2D eigenvalue weighted by molar-refractivity contribution is 7.80. The summed E-state index contributed by atoms with van der Waals surface area (Å²) in [5, 5.41) is 3.14. The minimum Gasteiger partial charge on any atom is -0.496 e. The van der Waals surface area contributed by atoms with E-state index in [0.717, 1.165) is 24.8 Å². The summed E-state index contributed by atoms with van der Waals surface area (Å²) in [5.41, 5.74) is 2.45. The molecule has 0 spiro atoms. The quantitative estimate of drug-likeness (QED) is 0.429. The second-order valence-electron chi connectivity index (χ2n) is 9.17. The Morgan fingerprint density at radius 2 is 1.64 bits per heavy atom. The van der Waals surface area contributed by atoms with Crippen molar-refractivity contribution < 1.29 is 18.1 Å². The van der Waals surface area contributed by atoms with Gasteiger partial charge in [-0.05, 0) is 60.1 Å². The van der Waals surface area contributed by atoms with Crippen LogP contribution in [0.3, 0.4) is 0 Å². The first-order valence-corrected chi connectivity index (χ1v) is 13.2. The Kier molecular flexibility index (Phi) is 8.85. The fourth-order valence-electron chi connectivity index (χ4n) is 4.61. The van der Waals surface area contributed by atoms with Gasteiger partial charge >= 0.3 is 0 Å². The van der Waals surface area contributed by atoms with E-state index in [1.807, 2.05) is 34.6 Å². The normalized spacial score (nSPS) is 16.3. The van der Waals surface area contributed by atoms with Gasteiger partial charge in [0.2, 0.25) is 0 Å². The summed E-state index contributed by atoms with van der Waals surface area (Å²) in [5.74, 6) is 0.0971. The fraction of sp³-hybridized carbons (Fsp3) is 0.321. The van der Waals surface area contributed by atoms with E-state index in [0.29, 0.717) is 37.5 Å². The third-order valence-electron chi connectivity index (χ3n) is 6.73. The molecule has 1 aliphatic heterocycles. The molecule has 3 aromatic rings. The molecule has 0 aromatic heterocycles. The molecule has 190 valence electrons. The summed E-state index contributed by atoms with van der Waals surface area (Å²) in [4.78, 5) is 13.0. The number of halogens is 1. The third kappa shape index (κ3) is 6.78. The lowest BCUT2D eigenvalue weighted by Gasteiger charge is -2.41. The highest BCUT2D eigenvalue weighted by Gasteiger charge is 2.36. The SMILES string of the molecule is COc1ccccc1C(=O)NCC1(Cc2ccccc2)CCN(S(=O)NCc2ccc(F)cc2)CC1. The summed E-state index contributed by atoms with van der Waals surface area (Å²) in [6.45, 7) is 2.19. The van der Waals surface area contributed by atoms with E-state index in [2.05, 4.69) is 22.2 Å². The van der Waals surface area contributed by atoms with Gasteiger partial charge < -0.3 is 10.1 Å². The maximum Gasteiger partial charge on any atom is 0.255 e. The van der Waals surface area contributed by atoms with Crippen molar-refractivity contribution in [2.45, 2.75) is 25.8 Å². The minimum absolute atomic E-state index is 0.156. The molecule has 0 saturated carbocycles. The Morgan fingerprint density at radius 1 is 0.972 bits per heavy atom. The number of carbonyl (C=O) groups excluding carboxylic acids is 1. The maximum atomic E-state index is 13.1. The van der Waals surface area contributed by atoms with E-state index < -0.39 is 11.2 Å². The molecule has 36 heavy (non-hydrogen) atoms. The molecule has 0 radical (unpaired) electrons. The smallest absolute Gasteiger partial charge is 0.255 e. The number of hydrogen-bond donors (Lipinski definition) is 2. The van der Waals surface area contributed by atoms with Gasteiger partial charge in [0.1, 0.15) is 11.6 Å². The van der Waals surface area contributed by atoms with Gasteiger partial charge in [-0.1, -0.05) is 54.6 Å². The first kappa shape index (κ1) is 26.0. The number of carbonyl (C=O) groups is 1. The zero-order valence-electron chi connectivity index (χ0n) is 20.4. The Labute approximate surface area is 214 Å². The second kappa shape index (κ2) is 12.3. The molecular formula is C28H32FN3O3S. The van der Waals surface area contributed by atoms with E-state index in [-0.39, 0.29) is 17.1 Å². The lowest BCUT2D eigenvalue weighted by Crippen LogP contribution is -2.49. The topological polar surface area (TPSA) is 70.7 Å². The van der Waals surface area contributed by atoms with Crippen LogP contribution >= 0.6 is 0 Å². The molecule has 0 bridgehead atoms.